The molecule has 0 amide bonds. The molecular weight excluding hydrogens is 162 g/mol. The van der Waals surface area contributed by atoms with E-state index in [9.17, 15) is 0 Å². The van der Waals surface area contributed by atoms with Crippen molar-refractivity contribution in [2.24, 2.45) is 0 Å². The van der Waals surface area contributed by atoms with Crippen molar-refractivity contribution >= 4 is 17.2 Å². The van der Waals surface area contributed by atoms with Gasteiger partial charge in [0.1, 0.15) is 6.07 Å². The number of anilines is 1. The van der Waals surface area contributed by atoms with E-state index in [0.717, 1.165) is 11.5 Å². The highest BCUT2D eigenvalue weighted by Gasteiger charge is 2.13. The van der Waals surface area contributed by atoms with Gasteiger partial charge in [0.05, 0.1) is 16.7 Å². The van der Waals surface area contributed by atoms with E-state index >= 15 is 0 Å². The summed E-state index contributed by atoms with van der Waals surface area (Å²) in [7, 11) is 0. The monoisotopic (exact) mass is 169 g/mol. The molecule has 1 aromatic rings. The number of aliphatic hydroxyl groups is 1. The second-order valence-electron chi connectivity index (χ2n) is 2.10. The molecule has 0 saturated carbocycles. The largest absolute Gasteiger partial charge is 0.395 e. The molecule has 58 valence electrons. The Morgan fingerprint density at radius 1 is 1.82 bits per heavy atom. The van der Waals surface area contributed by atoms with E-state index in [1.807, 2.05) is 6.07 Å². The van der Waals surface area contributed by atoms with Gasteiger partial charge in [-0.25, -0.2) is 0 Å². The highest BCUT2D eigenvalue weighted by molar-refractivity contribution is 7.06. The maximum absolute atomic E-state index is 9.09. The van der Waals surface area contributed by atoms with E-state index in [-0.39, 0.29) is 5.69 Å². The molecule has 0 aliphatic heterocycles. The maximum atomic E-state index is 9.09. The number of nitrogen functional groups attached to an aromatic ring is 1. The Balaban J connectivity index is 3.13. The van der Waals surface area contributed by atoms with Crippen molar-refractivity contribution in [1.29, 1.82) is 5.26 Å². The minimum absolute atomic E-state index is 0.200. The lowest BCUT2D eigenvalue weighted by Crippen LogP contribution is -1.94. The molecule has 1 aromatic heterocycles. The lowest BCUT2D eigenvalue weighted by atomic mass is 10.2. The summed E-state index contributed by atoms with van der Waals surface area (Å²) in [6.45, 7) is 1.59. The normalized spacial score (nSPS) is 12.5. The second-order valence-corrected chi connectivity index (χ2v) is 2.90. The summed E-state index contributed by atoms with van der Waals surface area (Å²) < 4.78 is 3.75. The highest BCUT2D eigenvalue weighted by Crippen LogP contribution is 2.26. The molecule has 0 aromatic carbocycles. The van der Waals surface area contributed by atoms with Gasteiger partial charge in [-0.3, -0.25) is 0 Å². The average molecular weight is 169 g/mol. The molecule has 11 heavy (non-hydrogen) atoms. The van der Waals surface area contributed by atoms with E-state index in [2.05, 4.69) is 4.37 Å². The van der Waals surface area contributed by atoms with Crippen LogP contribution in [0.1, 0.15) is 23.6 Å². The molecule has 0 radical (unpaired) electrons. The fraction of sp³-hybridized carbons (Fsp3) is 0.333. The second kappa shape index (κ2) is 2.86. The van der Waals surface area contributed by atoms with E-state index in [1.165, 1.54) is 0 Å². The summed E-state index contributed by atoms with van der Waals surface area (Å²) >= 11 is 1.06. The van der Waals surface area contributed by atoms with Gasteiger partial charge in [-0.05, 0) is 18.5 Å². The van der Waals surface area contributed by atoms with Gasteiger partial charge in [-0.2, -0.15) is 9.64 Å². The molecule has 1 heterocycles. The first-order valence-corrected chi connectivity index (χ1v) is 3.77. The Bertz CT molecular complexity index is 299. The predicted molar refractivity (Wildman–Crippen MR) is 41.9 cm³/mol. The smallest absolute Gasteiger partial charge is 0.177 e. The van der Waals surface area contributed by atoms with Crippen LogP contribution in [-0.2, 0) is 0 Å². The maximum Gasteiger partial charge on any atom is 0.177 e. The number of aromatic nitrogens is 1. The number of rotatable bonds is 1. The van der Waals surface area contributed by atoms with Crippen molar-refractivity contribution in [3.8, 4) is 6.07 Å². The van der Waals surface area contributed by atoms with Crippen molar-refractivity contribution in [2.75, 3.05) is 5.73 Å². The molecule has 0 fully saturated rings. The first-order valence-electron chi connectivity index (χ1n) is 3.00. The van der Waals surface area contributed by atoms with Gasteiger partial charge in [0, 0.05) is 0 Å². The van der Waals surface area contributed by atoms with Gasteiger partial charge < -0.3 is 10.8 Å². The standard InChI is InChI=1S/C6H7N3OS/c1-3(10)6-5(8)4(2-7)9-11-6/h3,10H,8H2,1H3. The van der Waals surface area contributed by atoms with Crippen LogP contribution in [0.3, 0.4) is 0 Å². The molecule has 3 N–H and O–H groups in total. The first kappa shape index (κ1) is 7.98. The van der Waals surface area contributed by atoms with Gasteiger partial charge in [0.15, 0.2) is 5.69 Å². The van der Waals surface area contributed by atoms with E-state index in [0.29, 0.717) is 10.6 Å². The number of hydrogen-bond donors (Lipinski definition) is 2. The summed E-state index contributed by atoms with van der Waals surface area (Å²) in [6.07, 6.45) is -0.644. The molecule has 1 rings (SSSR count). The number of nitriles is 1. The minimum Gasteiger partial charge on any atom is -0.395 e. The SMILES string of the molecule is CC(O)c1snc(C#N)c1N. The third kappa shape index (κ3) is 1.31. The number of hydrogen-bond acceptors (Lipinski definition) is 5. The van der Waals surface area contributed by atoms with Crippen LogP contribution >= 0.6 is 11.5 Å². The zero-order valence-electron chi connectivity index (χ0n) is 5.90. The molecule has 0 bridgehead atoms. The summed E-state index contributed by atoms with van der Waals surface area (Å²) in [5.74, 6) is 0. The Labute approximate surface area is 68.1 Å². The summed E-state index contributed by atoms with van der Waals surface area (Å²) in [6, 6.07) is 1.83. The molecule has 0 saturated heterocycles. The van der Waals surface area contributed by atoms with E-state index in [1.54, 1.807) is 6.92 Å². The van der Waals surface area contributed by atoms with Crippen LogP contribution in [0.4, 0.5) is 5.69 Å². The number of nitrogens with zero attached hydrogens (tertiary/aromatic N) is 2. The third-order valence-electron chi connectivity index (χ3n) is 1.24. The lowest BCUT2D eigenvalue weighted by Gasteiger charge is -1.98. The van der Waals surface area contributed by atoms with Gasteiger partial charge >= 0.3 is 0 Å². The van der Waals surface area contributed by atoms with Crippen molar-refractivity contribution in [3.63, 3.8) is 0 Å². The van der Waals surface area contributed by atoms with Crippen LogP contribution in [0.5, 0.6) is 0 Å². The molecule has 5 heteroatoms. The molecule has 1 atom stereocenters. The molecular formula is C6H7N3OS. The first-order chi connectivity index (χ1) is 5.16. The summed E-state index contributed by atoms with van der Waals surface area (Å²) in [5, 5.41) is 17.5. The van der Waals surface area contributed by atoms with Crippen LogP contribution < -0.4 is 5.73 Å². The van der Waals surface area contributed by atoms with Crippen molar-refractivity contribution < 1.29 is 5.11 Å². The Hall–Kier alpha value is -1.12. The fourth-order valence-corrected chi connectivity index (χ4v) is 1.37. The highest BCUT2D eigenvalue weighted by atomic mass is 32.1. The Kier molecular flexibility index (Phi) is 2.08. The topological polar surface area (TPSA) is 82.9 Å². The van der Waals surface area contributed by atoms with Crippen LogP contribution in [0, 0.1) is 11.3 Å². The number of nitrogens with two attached hydrogens (primary N) is 1. The van der Waals surface area contributed by atoms with Crippen molar-refractivity contribution in [2.45, 2.75) is 13.0 Å². The van der Waals surface area contributed by atoms with Crippen LogP contribution in [0.25, 0.3) is 0 Å². The van der Waals surface area contributed by atoms with Crippen LogP contribution in [0.2, 0.25) is 0 Å². The zero-order chi connectivity index (χ0) is 8.43. The van der Waals surface area contributed by atoms with Gasteiger partial charge in [-0.15, -0.1) is 0 Å². The zero-order valence-corrected chi connectivity index (χ0v) is 6.72. The van der Waals surface area contributed by atoms with E-state index in [4.69, 9.17) is 16.1 Å². The van der Waals surface area contributed by atoms with Gasteiger partial charge in [0.2, 0.25) is 0 Å². The van der Waals surface area contributed by atoms with Gasteiger partial charge in [0.25, 0.3) is 0 Å². The fourth-order valence-electron chi connectivity index (χ4n) is 0.692. The molecule has 0 aliphatic rings. The molecule has 1 unspecified atom stereocenters. The quantitative estimate of drug-likeness (QED) is 0.646. The van der Waals surface area contributed by atoms with Crippen LogP contribution in [-0.4, -0.2) is 9.48 Å². The average Bonchev–Trinajstić information content (AvgIpc) is 2.30. The van der Waals surface area contributed by atoms with E-state index < -0.39 is 6.10 Å². The third-order valence-corrected chi connectivity index (χ3v) is 2.27. The lowest BCUT2D eigenvalue weighted by molar-refractivity contribution is 0.204. The predicted octanol–water partition coefficient (Wildman–Crippen LogP) is 0.650. The van der Waals surface area contributed by atoms with Crippen LogP contribution in [0.15, 0.2) is 0 Å². The van der Waals surface area contributed by atoms with Crippen molar-refractivity contribution in [3.05, 3.63) is 10.6 Å². The molecule has 0 spiro atoms. The summed E-state index contributed by atoms with van der Waals surface area (Å²) in [4.78, 5) is 0.557. The Morgan fingerprint density at radius 2 is 2.45 bits per heavy atom. The molecule has 4 nitrogen and oxygen atoms in total. The molecule has 0 aliphatic carbocycles. The minimum atomic E-state index is -0.644. The summed E-state index contributed by atoms with van der Waals surface area (Å²) in [5.41, 5.74) is 5.98. The van der Waals surface area contributed by atoms with Crippen molar-refractivity contribution in [1.82, 2.24) is 4.37 Å². The number of aliphatic hydroxyl groups excluding tert-OH is 1. The van der Waals surface area contributed by atoms with Gasteiger partial charge in [-0.1, -0.05) is 0 Å². The Morgan fingerprint density at radius 3 is 2.73 bits per heavy atom.